The lowest BCUT2D eigenvalue weighted by Gasteiger charge is -2.06. The molecule has 0 fully saturated rings. The predicted molar refractivity (Wildman–Crippen MR) is 57.5 cm³/mol. The Morgan fingerprint density at radius 2 is 1.88 bits per heavy atom. The number of rotatable bonds is 6. The summed E-state index contributed by atoms with van der Waals surface area (Å²) < 4.78 is 26.3. The number of nitrogens with one attached hydrogen (secondary N) is 1. The highest BCUT2D eigenvalue weighted by atomic mass is 19.1. The fourth-order valence-corrected chi connectivity index (χ4v) is 1.37. The van der Waals surface area contributed by atoms with Gasteiger partial charge in [-0.05, 0) is 31.5 Å². The molecule has 1 rings (SSSR count). The van der Waals surface area contributed by atoms with Crippen LogP contribution in [0.3, 0.4) is 0 Å². The van der Waals surface area contributed by atoms with Gasteiger partial charge in [-0.3, -0.25) is 0 Å². The van der Waals surface area contributed by atoms with E-state index in [4.69, 9.17) is 5.26 Å². The molecule has 0 amide bonds. The number of nitriles is 1. The highest BCUT2D eigenvalue weighted by Crippen LogP contribution is 2.11. The molecule has 16 heavy (non-hydrogen) atoms. The SMILES string of the molecule is N#CCCCCNCc1c(F)cccc1F. The van der Waals surface area contributed by atoms with Gasteiger partial charge >= 0.3 is 0 Å². The van der Waals surface area contributed by atoms with Crippen molar-refractivity contribution in [3.05, 3.63) is 35.4 Å². The monoisotopic (exact) mass is 224 g/mol. The van der Waals surface area contributed by atoms with Crippen LogP contribution in [0.5, 0.6) is 0 Å². The number of hydrogen-bond donors (Lipinski definition) is 1. The van der Waals surface area contributed by atoms with E-state index >= 15 is 0 Å². The topological polar surface area (TPSA) is 35.8 Å². The van der Waals surface area contributed by atoms with Crippen molar-refractivity contribution < 1.29 is 8.78 Å². The molecule has 0 saturated carbocycles. The summed E-state index contributed by atoms with van der Waals surface area (Å²) in [6, 6.07) is 5.89. The summed E-state index contributed by atoms with van der Waals surface area (Å²) in [5.74, 6) is -1.05. The first-order chi connectivity index (χ1) is 7.75. The van der Waals surface area contributed by atoms with Gasteiger partial charge in [-0.1, -0.05) is 6.07 Å². The smallest absolute Gasteiger partial charge is 0.130 e. The number of nitrogens with zero attached hydrogens (tertiary/aromatic N) is 1. The van der Waals surface area contributed by atoms with Crippen molar-refractivity contribution in [1.82, 2.24) is 5.32 Å². The predicted octanol–water partition coefficient (Wildman–Crippen LogP) is 2.75. The van der Waals surface area contributed by atoms with E-state index in [-0.39, 0.29) is 12.1 Å². The highest BCUT2D eigenvalue weighted by Gasteiger charge is 2.06. The summed E-state index contributed by atoms with van der Waals surface area (Å²) in [4.78, 5) is 0. The summed E-state index contributed by atoms with van der Waals surface area (Å²) >= 11 is 0. The minimum Gasteiger partial charge on any atom is -0.312 e. The second-order valence-electron chi connectivity index (χ2n) is 3.49. The first-order valence-corrected chi connectivity index (χ1v) is 5.26. The minimum atomic E-state index is -0.524. The van der Waals surface area contributed by atoms with E-state index < -0.39 is 11.6 Å². The van der Waals surface area contributed by atoms with E-state index in [0.29, 0.717) is 13.0 Å². The molecule has 0 aliphatic carbocycles. The lowest BCUT2D eigenvalue weighted by atomic mass is 10.2. The molecule has 1 N–H and O–H groups in total. The van der Waals surface area contributed by atoms with E-state index in [1.54, 1.807) is 0 Å². The summed E-state index contributed by atoms with van der Waals surface area (Å²) in [6.45, 7) is 0.848. The fraction of sp³-hybridized carbons (Fsp3) is 0.417. The van der Waals surface area contributed by atoms with Crippen LogP contribution < -0.4 is 5.32 Å². The molecule has 0 aromatic heterocycles. The minimum absolute atomic E-state index is 0.0720. The van der Waals surface area contributed by atoms with Crippen LogP contribution >= 0.6 is 0 Å². The van der Waals surface area contributed by atoms with E-state index in [2.05, 4.69) is 5.32 Å². The summed E-state index contributed by atoms with van der Waals surface area (Å²) in [6.07, 6.45) is 2.17. The van der Waals surface area contributed by atoms with Crippen molar-refractivity contribution in [2.24, 2.45) is 0 Å². The molecule has 0 spiro atoms. The summed E-state index contributed by atoms with van der Waals surface area (Å²) in [5.41, 5.74) is 0.0720. The Labute approximate surface area is 93.9 Å². The van der Waals surface area contributed by atoms with E-state index in [0.717, 1.165) is 12.8 Å². The average Bonchev–Trinajstić information content (AvgIpc) is 2.26. The van der Waals surface area contributed by atoms with Crippen LogP contribution in [0, 0.1) is 23.0 Å². The normalized spacial score (nSPS) is 10.1. The largest absolute Gasteiger partial charge is 0.312 e. The molecule has 4 heteroatoms. The zero-order valence-corrected chi connectivity index (χ0v) is 8.97. The van der Waals surface area contributed by atoms with Gasteiger partial charge in [0.15, 0.2) is 0 Å². The Bertz CT molecular complexity index is 352. The molecule has 0 aliphatic rings. The number of halogens is 2. The van der Waals surface area contributed by atoms with Crippen LogP contribution in [0.4, 0.5) is 8.78 Å². The van der Waals surface area contributed by atoms with Crippen LogP contribution in [0.1, 0.15) is 24.8 Å². The van der Waals surface area contributed by atoms with Crippen molar-refractivity contribution in [3.63, 3.8) is 0 Å². The van der Waals surface area contributed by atoms with Crippen molar-refractivity contribution in [1.29, 1.82) is 5.26 Å². The highest BCUT2D eigenvalue weighted by molar-refractivity contribution is 5.19. The maximum Gasteiger partial charge on any atom is 0.130 e. The Hall–Kier alpha value is -1.47. The quantitative estimate of drug-likeness (QED) is 0.754. The fourth-order valence-electron chi connectivity index (χ4n) is 1.37. The number of unbranched alkanes of at least 4 members (excludes halogenated alkanes) is 2. The van der Waals surface area contributed by atoms with E-state index in [1.165, 1.54) is 18.2 Å². The van der Waals surface area contributed by atoms with Crippen LogP contribution in [0.2, 0.25) is 0 Å². The van der Waals surface area contributed by atoms with Gasteiger partial charge in [0, 0.05) is 18.5 Å². The van der Waals surface area contributed by atoms with Crippen LogP contribution in [-0.2, 0) is 6.54 Å². The van der Waals surface area contributed by atoms with Crippen LogP contribution in [0.15, 0.2) is 18.2 Å². The third-order valence-corrected chi connectivity index (χ3v) is 2.26. The lowest BCUT2D eigenvalue weighted by Crippen LogP contribution is -2.16. The van der Waals surface area contributed by atoms with Gasteiger partial charge in [-0.25, -0.2) is 8.78 Å². The molecule has 86 valence electrons. The molecular formula is C12H14F2N2. The first kappa shape index (κ1) is 12.6. The molecule has 2 nitrogen and oxygen atoms in total. The molecule has 1 aromatic carbocycles. The molecule has 0 bridgehead atoms. The number of benzene rings is 1. The van der Waals surface area contributed by atoms with E-state index in [9.17, 15) is 8.78 Å². The molecular weight excluding hydrogens is 210 g/mol. The Morgan fingerprint density at radius 1 is 1.19 bits per heavy atom. The standard InChI is InChI=1S/C12H14F2N2/c13-11-5-4-6-12(14)10(11)9-16-8-3-1-2-7-15/h4-6,16H,1-3,8-9H2. The molecule has 0 radical (unpaired) electrons. The molecule has 0 saturated heterocycles. The van der Waals surface area contributed by atoms with Gasteiger partial charge in [-0.2, -0.15) is 5.26 Å². The van der Waals surface area contributed by atoms with Crippen LogP contribution in [0.25, 0.3) is 0 Å². The first-order valence-electron chi connectivity index (χ1n) is 5.26. The van der Waals surface area contributed by atoms with Crippen molar-refractivity contribution in [2.75, 3.05) is 6.54 Å². The van der Waals surface area contributed by atoms with Gasteiger partial charge in [0.2, 0.25) is 0 Å². The van der Waals surface area contributed by atoms with Crippen molar-refractivity contribution in [2.45, 2.75) is 25.8 Å². The Kier molecular flexibility index (Phi) is 5.44. The average molecular weight is 224 g/mol. The molecule has 0 heterocycles. The zero-order chi connectivity index (χ0) is 11.8. The van der Waals surface area contributed by atoms with E-state index in [1.807, 2.05) is 6.07 Å². The van der Waals surface area contributed by atoms with Gasteiger partial charge in [0.05, 0.1) is 6.07 Å². The van der Waals surface area contributed by atoms with Gasteiger partial charge in [0.25, 0.3) is 0 Å². The van der Waals surface area contributed by atoms with Crippen molar-refractivity contribution in [3.8, 4) is 6.07 Å². The Morgan fingerprint density at radius 3 is 2.50 bits per heavy atom. The van der Waals surface area contributed by atoms with Gasteiger partial charge < -0.3 is 5.32 Å². The summed E-state index contributed by atoms with van der Waals surface area (Å²) in [7, 11) is 0. The second-order valence-corrected chi connectivity index (χ2v) is 3.49. The molecule has 0 aliphatic heterocycles. The Balaban J connectivity index is 2.30. The maximum absolute atomic E-state index is 13.2. The molecule has 0 unspecified atom stereocenters. The zero-order valence-electron chi connectivity index (χ0n) is 8.97. The van der Waals surface area contributed by atoms with Crippen LogP contribution in [-0.4, -0.2) is 6.54 Å². The lowest BCUT2D eigenvalue weighted by molar-refractivity contribution is 0.530. The third kappa shape index (κ3) is 3.95. The number of hydrogen-bond acceptors (Lipinski definition) is 2. The maximum atomic E-state index is 13.2. The second kappa shape index (κ2) is 6.91. The third-order valence-electron chi connectivity index (χ3n) is 2.26. The van der Waals surface area contributed by atoms with Gasteiger partial charge in [0.1, 0.15) is 11.6 Å². The van der Waals surface area contributed by atoms with Crippen molar-refractivity contribution >= 4 is 0 Å². The molecule has 1 aromatic rings. The van der Waals surface area contributed by atoms with Gasteiger partial charge in [-0.15, -0.1) is 0 Å². The molecule has 0 atom stereocenters. The summed E-state index contributed by atoms with van der Waals surface area (Å²) in [5, 5.41) is 11.3.